The fourth-order valence-electron chi connectivity index (χ4n) is 3.51. The van der Waals surface area contributed by atoms with Gasteiger partial charge in [0.1, 0.15) is 23.7 Å². The molecule has 0 saturated carbocycles. The van der Waals surface area contributed by atoms with Gasteiger partial charge in [-0.2, -0.15) is 18.3 Å². The van der Waals surface area contributed by atoms with Gasteiger partial charge in [-0.1, -0.05) is 6.07 Å². The minimum Gasteiger partial charge on any atom is -0.494 e. The number of amides is 2. The van der Waals surface area contributed by atoms with E-state index in [0.717, 1.165) is 25.2 Å². The number of carbonyl (C=O) groups is 2. The average molecular weight is 462 g/mol. The van der Waals surface area contributed by atoms with E-state index in [9.17, 15) is 22.8 Å². The third kappa shape index (κ3) is 5.06. The topological polar surface area (TPSA) is 101 Å². The summed E-state index contributed by atoms with van der Waals surface area (Å²) in [5, 5.41) is 10.7. The number of carbonyl (C=O) groups excluding carboxylic acids is 2. The smallest absolute Gasteiger partial charge is 0.433 e. The Kier molecular flexibility index (Phi) is 6.18. The number of hydrogen-bond donors (Lipinski definition) is 2. The maximum Gasteiger partial charge on any atom is 0.433 e. The van der Waals surface area contributed by atoms with E-state index in [2.05, 4.69) is 20.7 Å². The Morgan fingerprint density at radius 1 is 1.21 bits per heavy atom. The molecule has 3 aromatic rings. The molecule has 1 saturated heterocycles. The van der Waals surface area contributed by atoms with E-state index in [-0.39, 0.29) is 29.6 Å². The Hall–Kier alpha value is -3.67. The second-order valence-corrected chi connectivity index (χ2v) is 7.43. The summed E-state index contributed by atoms with van der Waals surface area (Å²) >= 11 is 0. The number of rotatable bonds is 5. The largest absolute Gasteiger partial charge is 0.494 e. The Morgan fingerprint density at radius 3 is 2.67 bits per heavy atom. The van der Waals surface area contributed by atoms with Crippen LogP contribution in [-0.2, 0) is 17.5 Å². The SMILES string of the molecule is COc1cc2nn(CC(=O)N3CCNCC3)cc2cc1NC(=O)c1cccc(C(F)(F)F)n1. The minimum atomic E-state index is -4.66. The normalized spacial score (nSPS) is 14.4. The summed E-state index contributed by atoms with van der Waals surface area (Å²) in [6.45, 7) is 2.81. The van der Waals surface area contributed by atoms with E-state index in [4.69, 9.17) is 4.74 Å². The fraction of sp³-hybridized carbons (Fsp3) is 0.333. The van der Waals surface area contributed by atoms with Crippen LogP contribution in [0.15, 0.2) is 36.5 Å². The molecule has 12 heteroatoms. The molecule has 0 spiro atoms. The first-order chi connectivity index (χ1) is 15.7. The molecule has 0 bridgehead atoms. The zero-order chi connectivity index (χ0) is 23.6. The van der Waals surface area contributed by atoms with Gasteiger partial charge in [-0.3, -0.25) is 14.3 Å². The maximum absolute atomic E-state index is 12.9. The van der Waals surface area contributed by atoms with Crippen LogP contribution in [0.2, 0.25) is 0 Å². The van der Waals surface area contributed by atoms with E-state index in [1.807, 2.05) is 0 Å². The average Bonchev–Trinajstić information content (AvgIpc) is 3.19. The van der Waals surface area contributed by atoms with Crippen LogP contribution in [0.4, 0.5) is 18.9 Å². The lowest BCUT2D eigenvalue weighted by atomic mass is 10.2. The summed E-state index contributed by atoms with van der Waals surface area (Å²) in [4.78, 5) is 30.2. The molecule has 1 aromatic carbocycles. The molecular weight excluding hydrogens is 441 g/mol. The lowest BCUT2D eigenvalue weighted by Gasteiger charge is -2.27. The van der Waals surface area contributed by atoms with Gasteiger partial charge in [0.25, 0.3) is 5.91 Å². The summed E-state index contributed by atoms with van der Waals surface area (Å²) in [6.07, 6.45) is -3.00. The number of fused-ring (bicyclic) bond motifs is 1. The van der Waals surface area contributed by atoms with Crippen molar-refractivity contribution in [2.75, 3.05) is 38.6 Å². The van der Waals surface area contributed by atoms with Gasteiger partial charge in [0, 0.05) is 43.8 Å². The lowest BCUT2D eigenvalue weighted by Crippen LogP contribution is -2.47. The molecule has 1 aliphatic rings. The van der Waals surface area contributed by atoms with E-state index in [0.29, 0.717) is 24.0 Å². The molecule has 2 N–H and O–H groups in total. The number of aromatic nitrogens is 3. The van der Waals surface area contributed by atoms with Crippen LogP contribution >= 0.6 is 0 Å². The van der Waals surface area contributed by atoms with Gasteiger partial charge in [0.05, 0.1) is 18.3 Å². The summed E-state index contributed by atoms with van der Waals surface area (Å²) in [6, 6.07) is 6.26. The molecule has 9 nitrogen and oxygen atoms in total. The zero-order valence-corrected chi connectivity index (χ0v) is 17.6. The molecule has 0 unspecified atom stereocenters. The summed E-state index contributed by atoms with van der Waals surface area (Å²) in [5.41, 5.74) is -0.769. The van der Waals surface area contributed by atoms with Crippen LogP contribution < -0.4 is 15.4 Å². The van der Waals surface area contributed by atoms with Gasteiger partial charge < -0.3 is 20.3 Å². The van der Waals surface area contributed by atoms with Gasteiger partial charge >= 0.3 is 6.18 Å². The lowest BCUT2D eigenvalue weighted by molar-refractivity contribution is -0.141. The van der Waals surface area contributed by atoms with Crippen LogP contribution in [0.3, 0.4) is 0 Å². The van der Waals surface area contributed by atoms with E-state index >= 15 is 0 Å². The van der Waals surface area contributed by atoms with Crippen LogP contribution in [0.1, 0.15) is 16.2 Å². The standard InChI is InChI=1S/C21H21F3N6O3/c1-33-17-10-15-13(11-30(28-15)12-19(31)29-7-5-25-6-8-29)9-16(17)27-20(32)14-3-2-4-18(26-14)21(22,23)24/h2-4,9-11,25H,5-8,12H2,1H3,(H,27,32). The molecule has 174 valence electrons. The van der Waals surface area contributed by atoms with Crippen molar-refractivity contribution in [2.45, 2.75) is 12.7 Å². The molecule has 2 amide bonds. The molecule has 2 aromatic heterocycles. The number of alkyl halides is 3. The van der Waals surface area contributed by atoms with Gasteiger partial charge in [0.15, 0.2) is 0 Å². The number of hydrogen-bond acceptors (Lipinski definition) is 6. The van der Waals surface area contributed by atoms with Crippen molar-refractivity contribution in [3.05, 3.63) is 47.9 Å². The van der Waals surface area contributed by atoms with Crippen molar-refractivity contribution in [1.29, 1.82) is 0 Å². The number of anilines is 1. The highest BCUT2D eigenvalue weighted by Gasteiger charge is 2.33. The predicted octanol–water partition coefficient (Wildman–Crippen LogP) is 2.14. The van der Waals surface area contributed by atoms with E-state index in [1.165, 1.54) is 17.9 Å². The third-order valence-corrected chi connectivity index (χ3v) is 5.16. The first-order valence-electron chi connectivity index (χ1n) is 10.1. The summed E-state index contributed by atoms with van der Waals surface area (Å²) in [7, 11) is 1.39. The molecule has 0 radical (unpaired) electrons. The first kappa shape index (κ1) is 22.5. The van der Waals surface area contributed by atoms with Crippen molar-refractivity contribution in [1.82, 2.24) is 25.0 Å². The second kappa shape index (κ2) is 9.06. The number of nitrogens with zero attached hydrogens (tertiary/aromatic N) is 4. The Morgan fingerprint density at radius 2 is 1.97 bits per heavy atom. The number of nitrogens with one attached hydrogen (secondary N) is 2. The van der Waals surface area contributed by atoms with Gasteiger partial charge in [-0.15, -0.1) is 0 Å². The number of halogens is 3. The molecule has 0 aliphatic carbocycles. The highest BCUT2D eigenvalue weighted by Crippen LogP contribution is 2.31. The molecule has 33 heavy (non-hydrogen) atoms. The number of piperazine rings is 1. The number of pyridine rings is 1. The monoisotopic (exact) mass is 462 g/mol. The van der Waals surface area contributed by atoms with Crippen molar-refractivity contribution in [2.24, 2.45) is 0 Å². The van der Waals surface area contributed by atoms with Crippen molar-refractivity contribution >= 4 is 28.4 Å². The van der Waals surface area contributed by atoms with Gasteiger partial charge in [-0.25, -0.2) is 4.98 Å². The van der Waals surface area contributed by atoms with Crippen molar-refractivity contribution < 1.29 is 27.5 Å². The Labute approximate surface area is 186 Å². The third-order valence-electron chi connectivity index (χ3n) is 5.16. The fourth-order valence-corrected chi connectivity index (χ4v) is 3.51. The van der Waals surface area contributed by atoms with E-state index in [1.54, 1.807) is 23.2 Å². The van der Waals surface area contributed by atoms with Gasteiger partial charge in [-0.05, 0) is 18.2 Å². The van der Waals surface area contributed by atoms with Crippen LogP contribution in [0, 0.1) is 0 Å². The highest BCUT2D eigenvalue weighted by atomic mass is 19.4. The van der Waals surface area contributed by atoms with Crippen LogP contribution in [-0.4, -0.2) is 64.8 Å². The van der Waals surface area contributed by atoms with E-state index < -0.39 is 17.8 Å². The zero-order valence-electron chi connectivity index (χ0n) is 17.6. The molecule has 1 aliphatic heterocycles. The second-order valence-electron chi connectivity index (χ2n) is 7.43. The molecule has 3 heterocycles. The quantitative estimate of drug-likeness (QED) is 0.603. The molecule has 0 atom stereocenters. The van der Waals surface area contributed by atoms with Gasteiger partial charge in [0.2, 0.25) is 5.91 Å². The number of ether oxygens (including phenoxy) is 1. The number of benzene rings is 1. The highest BCUT2D eigenvalue weighted by molar-refractivity contribution is 6.05. The Bertz CT molecular complexity index is 1190. The maximum atomic E-state index is 12.9. The molecular formula is C21H21F3N6O3. The Balaban J connectivity index is 1.55. The summed E-state index contributed by atoms with van der Waals surface area (Å²) in [5.74, 6) is -0.609. The number of methoxy groups -OCH3 is 1. The molecule has 4 rings (SSSR count). The van der Waals surface area contributed by atoms with Crippen molar-refractivity contribution in [3.63, 3.8) is 0 Å². The summed E-state index contributed by atoms with van der Waals surface area (Å²) < 4.78 is 45.5. The van der Waals surface area contributed by atoms with Crippen LogP contribution in [0.25, 0.3) is 10.9 Å². The predicted molar refractivity (Wildman–Crippen MR) is 113 cm³/mol. The van der Waals surface area contributed by atoms with Crippen LogP contribution in [0.5, 0.6) is 5.75 Å². The molecule has 1 fully saturated rings. The van der Waals surface area contributed by atoms with Crippen molar-refractivity contribution in [3.8, 4) is 5.75 Å². The minimum absolute atomic E-state index is 0.0552. The first-order valence-corrected chi connectivity index (χ1v) is 10.1.